The Morgan fingerprint density at radius 3 is 2.88 bits per heavy atom. The van der Waals surface area contributed by atoms with E-state index >= 15 is 0 Å². The number of aryl methyl sites for hydroxylation is 1. The molecule has 4 heteroatoms. The Labute approximate surface area is 110 Å². The Kier molecular flexibility index (Phi) is 3.05. The fourth-order valence-corrected chi connectivity index (χ4v) is 3.85. The van der Waals surface area contributed by atoms with Gasteiger partial charge in [0.25, 0.3) is 0 Å². The van der Waals surface area contributed by atoms with Crippen molar-refractivity contribution >= 4 is 34.4 Å². The number of aromatic nitrogens is 2. The van der Waals surface area contributed by atoms with Crippen LogP contribution in [0.25, 0.3) is 11.0 Å². The van der Waals surface area contributed by atoms with Crippen LogP contribution in [0.2, 0.25) is 5.02 Å². The molecule has 0 bridgehead atoms. The number of nitrogens with zero attached hydrogens (tertiary/aromatic N) is 2. The van der Waals surface area contributed by atoms with Crippen LogP contribution in [-0.4, -0.2) is 14.8 Å². The van der Waals surface area contributed by atoms with Crippen LogP contribution in [0.15, 0.2) is 23.4 Å². The van der Waals surface area contributed by atoms with E-state index in [1.54, 1.807) is 0 Å². The molecular formula is C13H15ClN2S. The van der Waals surface area contributed by atoms with Crippen LogP contribution in [0, 0.1) is 0 Å². The number of fused-ring (bicyclic) bond motifs is 1. The first-order valence-electron chi connectivity index (χ1n) is 6.02. The summed E-state index contributed by atoms with van der Waals surface area (Å²) in [4.78, 5) is 4.68. The van der Waals surface area contributed by atoms with Crippen LogP contribution in [-0.2, 0) is 7.05 Å². The van der Waals surface area contributed by atoms with Crippen molar-refractivity contribution in [3.05, 3.63) is 23.2 Å². The molecule has 1 heterocycles. The highest BCUT2D eigenvalue weighted by Gasteiger charge is 2.19. The number of imidazole rings is 1. The minimum absolute atomic E-state index is 0.751. The van der Waals surface area contributed by atoms with E-state index in [0.717, 1.165) is 26.5 Å². The highest BCUT2D eigenvalue weighted by Crippen LogP contribution is 2.35. The fraction of sp³-hybridized carbons (Fsp3) is 0.462. The predicted octanol–water partition coefficient (Wildman–Crippen LogP) is 4.26. The van der Waals surface area contributed by atoms with Crippen molar-refractivity contribution in [2.24, 2.45) is 7.05 Å². The molecule has 1 saturated carbocycles. The average Bonchev–Trinajstić information content (AvgIpc) is 2.89. The van der Waals surface area contributed by atoms with Crippen molar-refractivity contribution in [2.45, 2.75) is 36.1 Å². The largest absolute Gasteiger partial charge is 0.322 e. The standard InChI is InChI=1S/C13H15ClN2S/c1-16-12-7-6-9(14)8-11(12)15-13(16)17-10-4-2-3-5-10/h6-8,10H,2-5H2,1H3. The zero-order chi connectivity index (χ0) is 11.8. The zero-order valence-corrected chi connectivity index (χ0v) is 11.4. The fourth-order valence-electron chi connectivity index (χ4n) is 2.41. The topological polar surface area (TPSA) is 17.8 Å². The average molecular weight is 267 g/mol. The summed E-state index contributed by atoms with van der Waals surface area (Å²) in [5, 5.41) is 2.63. The van der Waals surface area contributed by atoms with Crippen molar-refractivity contribution < 1.29 is 0 Å². The lowest BCUT2D eigenvalue weighted by Gasteiger charge is -2.07. The molecule has 1 fully saturated rings. The van der Waals surface area contributed by atoms with E-state index < -0.39 is 0 Å². The molecule has 3 rings (SSSR count). The van der Waals surface area contributed by atoms with Crippen LogP contribution in [0.5, 0.6) is 0 Å². The van der Waals surface area contributed by atoms with Gasteiger partial charge in [-0.15, -0.1) is 0 Å². The number of thioether (sulfide) groups is 1. The van der Waals surface area contributed by atoms with E-state index in [1.165, 1.54) is 25.7 Å². The van der Waals surface area contributed by atoms with E-state index in [1.807, 2.05) is 30.0 Å². The van der Waals surface area contributed by atoms with Crippen LogP contribution >= 0.6 is 23.4 Å². The SMILES string of the molecule is Cn1c(SC2CCCC2)nc2cc(Cl)ccc21. The smallest absolute Gasteiger partial charge is 0.169 e. The summed E-state index contributed by atoms with van der Waals surface area (Å²) >= 11 is 7.91. The number of benzene rings is 1. The number of halogens is 1. The van der Waals surface area contributed by atoms with E-state index in [4.69, 9.17) is 11.6 Å². The molecule has 1 aliphatic carbocycles. The molecule has 90 valence electrons. The molecule has 1 aromatic heterocycles. The molecule has 1 aliphatic rings. The van der Waals surface area contributed by atoms with Crippen molar-refractivity contribution in [1.29, 1.82) is 0 Å². The summed E-state index contributed by atoms with van der Waals surface area (Å²) in [6.07, 6.45) is 5.39. The van der Waals surface area contributed by atoms with Gasteiger partial charge in [-0.05, 0) is 31.0 Å². The maximum absolute atomic E-state index is 5.99. The highest BCUT2D eigenvalue weighted by molar-refractivity contribution is 7.99. The first-order chi connectivity index (χ1) is 8.24. The second-order valence-corrected chi connectivity index (χ2v) is 6.31. The van der Waals surface area contributed by atoms with Gasteiger partial charge in [0.1, 0.15) is 0 Å². The maximum atomic E-state index is 5.99. The van der Waals surface area contributed by atoms with E-state index in [-0.39, 0.29) is 0 Å². The van der Waals surface area contributed by atoms with Gasteiger partial charge in [0.2, 0.25) is 0 Å². The lowest BCUT2D eigenvalue weighted by Crippen LogP contribution is -1.98. The number of hydrogen-bond donors (Lipinski definition) is 0. The third-order valence-corrected chi connectivity index (χ3v) is 4.99. The molecule has 0 atom stereocenters. The Hall–Kier alpha value is -0.670. The van der Waals surface area contributed by atoms with Crippen LogP contribution in [0.4, 0.5) is 0 Å². The Morgan fingerprint density at radius 2 is 2.12 bits per heavy atom. The molecule has 1 aromatic carbocycles. The molecule has 0 N–H and O–H groups in total. The van der Waals surface area contributed by atoms with E-state index in [9.17, 15) is 0 Å². The third-order valence-electron chi connectivity index (χ3n) is 3.38. The Balaban J connectivity index is 1.96. The van der Waals surface area contributed by atoms with Crippen LogP contribution in [0.1, 0.15) is 25.7 Å². The molecule has 2 aromatic rings. The first-order valence-corrected chi connectivity index (χ1v) is 7.28. The predicted molar refractivity (Wildman–Crippen MR) is 73.8 cm³/mol. The molecule has 2 nitrogen and oxygen atoms in total. The van der Waals surface area contributed by atoms with Crippen LogP contribution in [0.3, 0.4) is 0 Å². The van der Waals surface area contributed by atoms with Gasteiger partial charge in [0.15, 0.2) is 5.16 Å². The molecular weight excluding hydrogens is 252 g/mol. The van der Waals surface area contributed by atoms with Gasteiger partial charge in [-0.1, -0.05) is 36.2 Å². The van der Waals surface area contributed by atoms with Gasteiger partial charge >= 0.3 is 0 Å². The second-order valence-electron chi connectivity index (χ2n) is 4.61. The quantitative estimate of drug-likeness (QED) is 0.808. The van der Waals surface area contributed by atoms with Gasteiger partial charge < -0.3 is 4.57 Å². The van der Waals surface area contributed by atoms with Crippen molar-refractivity contribution in [1.82, 2.24) is 9.55 Å². The van der Waals surface area contributed by atoms with E-state index in [2.05, 4.69) is 16.6 Å². The van der Waals surface area contributed by atoms with Gasteiger partial charge in [-0.2, -0.15) is 0 Å². The van der Waals surface area contributed by atoms with Crippen LogP contribution < -0.4 is 0 Å². The molecule has 17 heavy (non-hydrogen) atoms. The summed E-state index contributed by atoms with van der Waals surface area (Å²) < 4.78 is 2.18. The molecule has 0 unspecified atom stereocenters. The summed E-state index contributed by atoms with van der Waals surface area (Å²) in [6, 6.07) is 5.91. The second kappa shape index (κ2) is 4.54. The van der Waals surface area contributed by atoms with E-state index in [0.29, 0.717) is 0 Å². The Morgan fingerprint density at radius 1 is 1.35 bits per heavy atom. The summed E-state index contributed by atoms with van der Waals surface area (Å²) in [5.74, 6) is 0. The van der Waals surface area contributed by atoms with Crippen molar-refractivity contribution in [3.8, 4) is 0 Å². The first kappa shape index (κ1) is 11.4. The highest BCUT2D eigenvalue weighted by atomic mass is 35.5. The number of hydrogen-bond acceptors (Lipinski definition) is 2. The number of rotatable bonds is 2. The Bertz CT molecular complexity index is 544. The molecule has 0 saturated heterocycles. The third kappa shape index (κ3) is 2.18. The zero-order valence-electron chi connectivity index (χ0n) is 9.82. The van der Waals surface area contributed by atoms with Crippen molar-refractivity contribution in [2.75, 3.05) is 0 Å². The minimum Gasteiger partial charge on any atom is -0.322 e. The molecule has 0 spiro atoms. The van der Waals surface area contributed by atoms with Gasteiger partial charge in [0, 0.05) is 17.3 Å². The van der Waals surface area contributed by atoms with Gasteiger partial charge in [-0.25, -0.2) is 4.98 Å². The van der Waals surface area contributed by atoms with Gasteiger partial charge in [0.05, 0.1) is 11.0 Å². The molecule has 0 aliphatic heterocycles. The van der Waals surface area contributed by atoms with Crippen molar-refractivity contribution in [3.63, 3.8) is 0 Å². The summed E-state index contributed by atoms with van der Waals surface area (Å²) in [6.45, 7) is 0. The van der Waals surface area contributed by atoms with Gasteiger partial charge in [-0.3, -0.25) is 0 Å². The lowest BCUT2D eigenvalue weighted by atomic mass is 10.3. The summed E-state index contributed by atoms with van der Waals surface area (Å²) in [7, 11) is 2.08. The normalized spacial score (nSPS) is 17.1. The monoisotopic (exact) mass is 266 g/mol. The molecule has 0 amide bonds. The lowest BCUT2D eigenvalue weighted by molar-refractivity contribution is 0.802. The maximum Gasteiger partial charge on any atom is 0.169 e. The minimum atomic E-state index is 0.751. The summed E-state index contributed by atoms with van der Waals surface area (Å²) in [5.41, 5.74) is 2.16. The molecule has 0 radical (unpaired) electrons.